The van der Waals surface area contributed by atoms with E-state index in [1.54, 1.807) is 12.1 Å². The van der Waals surface area contributed by atoms with Crippen LogP contribution in [-0.2, 0) is 4.79 Å². The largest absolute Gasteiger partial charge is 0.476 e. The number of quaternary nitrogens is 1. The van der Waals surface area contributed by atoms with Crippen LogP contribution < -0.4 is 16.4 Å². The monoisotopic (exact) mass is 325 g/mol. The van der Waals surface area contributed by atoms with Crippen LogP contribution in [-0.4, -0.2) is 11.1 Å². The van der Waals surface area contributed by atoms with Gasteiger partial charge in [0, 0.05) is 4.90 Å². The molecule has 0 atom stereocenters. The van der Waals surface area contributed by atoms with E-state index in [4.69, 9.17) is 10.4 Å². The lowest BCUT2D eigenvalue weighted by Crippen LogP contribution is -2.97. The molecular weight excluding hydrogens is 312 g/mol. The molecule has 0 spiro atoms. The first kappa shape index (κ1) is 15.0. The third-order valence-corrected chi connectivity index (χ3v) is 4.32. The summed E-state index contributed by atoms with van der Waals surface area (Å²) in [6.45, 7) is 0. The van der Waals surface area contributed by atoms with Gasteiger partial charge in [0.25, 0.3) is 0 Å². The Morgan fingerprint density at radius 2 is 1.65 bits per heavy atom. The predicted octanol–water partition coefficient (Wildman–Crippen LogP) is 1.16. The van der Waals surface area contributed by atoms with Crippen molar-refractivity contribution >= 4 is 17.7 Å². The molecule has 0 bridgehead atoms. The van der Waals surface area contributed by atoms with E-state index in [0.717, 1.165) is 16.0 Å². The van der Waals surface area contributed by atoms with Crippen LogP contribution >= 0.6 is 11.8 Å². The van der Waals surface area contributed by atoms with Crippen molar-refractivity contribution in [2.24, 2.45) is 0 Å². The lowest BCUT2D eigenvalue weighted by Gasteiger charge is -2.05. The zero-order valence-electron chi connectivity index (χ0n) is 11.9. The molecule has 0 saturated heterocycles. The molecule has 0 fully saturated rings. The molecular formula is C16H13N4O2S+. The molecule has 5 N–H and O–H groups in total. The number of carbonyl (C=O) groups is 1. The van der Waals surface area contributed by atoms with Crippen molar-refractivity contribution in [3.8, 4) is 17.2 Å². The number of hydrogen-bond donors (Lipinski definition) is 4. The minimum atomic E-state index is -0.997. The molecule has 2 aromatic rings. The van der Waals surface area contributed by atoms with Crippen molar-refractivity contribution in [2.75, 3.05) is 0 Å². The summed E-state index contributed by atoms with van der Waals surface area (Å²) in [6, 6.07) is 17.3. The van der Waals surface area contributed by atoms with Gasteiger partial charge in [-0.2, -0.15) is 5.26 Å². The Bertz CT molecular complexity index is 807. The van der Waals surface area contributed by atoms with Gasteiger partial charge in [0.2, 0.25) is 5.70 Å². The second kappa shape index (κ2) is 6.44. The van der Waals surface area contributed by atoms with E-state index in [1.165, 1.54) is 17.3 Å². The van der Waals surface area contributed by atoms with E-state index < -0.39 is 5.97 Å². The molecule has 0 saturated carbocycles. The second-order valence-electron chi connectivity index (χ2n) is 4.76. The Morgan fingerprint density at radius 1 is 1.04 bits per heavy atom. The summed E-state index contributed by atoms with van der Waals surface area (Å²) in [5, 5.41) is 18.5. The second-order valence-corrected chi connectivity index (χ2v) is 5.84. The predicted molar refractivity (Wildman–Crippen MR) is 85.3 cm³/mol. The summed E-state index contributed by atoms with van der Waals surface area (Å²) in [6.07, 6.45) is 0. The van der Waals surface area contributed by atoms with Crippen LogP contribution in [0.4, 0.5) is 0 Å². The fraction of sp³-hybridized carbons (Fsp3) is 0. The number of thioether (sulfide) groups is 1. The number of benzene rings is 2. The molecule has 1 aliphatic rings. The van der Waals surface area contributed by atoms with Crippen molar-refractivity contribution in [2.45, 2.75) is 4.90 Å². The Kier molecular flexibility index (Phi) is 4.19. The summed E-state index contributed by atoms with van der Waals surface area (Å²) >= 11 is 1.35. The molecule has 7 heteroatoms. The third kappa shape index (κ3) is 3.29. The molecule has 0 radical (unpaired) electrons. The first-order chi connectivity index (χ1) is 11.2. The number of aliphatic carboxylic acids is 1. The van der Waals surface area contributed by atoms with Gasteiger partial charge in [-0.3, -0.25) is 0 Å². The summed E-state index contributed by atoms with van der Waals surface area (Å²) in [4.78, 5) is 12.0. The zero-order chi connectivity index (χ0) is 16.2. The summed E-state index contributed by atoms with van der Waals surface area (Å²) in [5.41, 5.74) is 9.90. The number of nitrogens with two attached hydrogens (primary N) is 1. The van der Waals surface area contributed by atoms with Gasteiger partial charge >= 0.3 is 5.97 Å². The molecule has 2 aromatic carbocycles. The number of nitrogens with zero attached hydrogens (tertiary/aromatic N) is 1. The Hall–Kier alpha value is -2.95. The minimum absolute atomic E-state index is 0.145. The highest BCUT2D eigenvalue weighted by atomic mass is 32.2. The lowest BCUT2D eigenvalue weighted by molar-refractivity contribution is -0.739. The van der Waals surface area contributed by atoms with Gasteiger partial charge in [0.1, 0.15) is 0 Å². The molecule has 1 aliphatic heterocycles. The maximum absolute atomic E-state index is 11.1. The number of carboxylic acid groups (broad SMARTS) is 1. The number of nitrogens with one attached hydrogen (secondary N) is 2. The highest BCUT2D eigenvalue weighted by Crippen LogP contribution is 2.29. The average Bonchev–Trinajstić information content (AvgIpc) is 3.04. The normalized spacial score (nSPS) is 13.2. The molecule has 114 valence electrons. The van der Waals surface area contributed by atoms with E-state index in [9.17, 15) is 4.79 Å². The van der Waals surface area contributed by atoms with Crippen LogP contribution in [0.25, 0.3) is 11.1 Å². The molecule has 0 amide bonds. The number of rotatable bonds is 4. The van der Waals surface area contributed by atoms with E-state index in [0.29, 0.717) is 10.6 Å². The molecule has 0 unspecified atom stereocenters. The number of carboxylic acids is 1. The summed E-state index contributed by atoms with van der Waals surface area (Å²) in [5.74, 6) is -0.997. The SMILES string of the molecule is N#Cc1ccc(-c2ccc(SC3=C(C(=O)O)N[NH2+]N3)cc2)cc1. The average molecular weight is 325 g/mol. The van der Waals surface area contributed by atoms with Crippen LogP contribution in [0.5, 0.6) is 0 Å². The maximum Gasteiger partial charge on any atom is 0.360 e. The van der Waals surface area contributed by atoms with Crippen molar-refractivity contribution in [1.82, 2.24) is 10.9 Å². The van der Waals surface area contributed by atoms with Crippen LogP contribution in [0.15, 0.2) is 64.2 Å². The van der Waals surface area contributed by atoms with Gasteiger partial charge < -0.3 is 5.11 Å². The standard InChI is InChI=1S/C16H12N4O2S/c17-9-10-1-3-11(4-2-10)12-5-7-13(8-6-12)23-15-14(16(21)22)18-20-19-15/h1-8,18-20H,(H,21,22)/p+1. The fourth-order valence-electron chi connectivity index (χ4n) is 2.12. The summed E-state index contributed by atoms with van der Waals surface area (Å²) in [7, 11) is 0. The van der Waals surface area contributed by atoms with Gasteiger partial charge in [0.05, 0.1) is 11.6 Å². The van der Waals surface area contributed by atoms with Gasteiger partial charge in [-0.15, -0.1) is 5.53 Å². The summed E-state index contributed by atoms with van der Waals surface area (Å²) < 4.78 is 0. The molecule has 0 aliphatic carbocycles. The van der Waals surface area contributed by atoms with E-state index in [1.807, 2.05) is 36.4 Å². The minimum Gasteiger partial charge on any atom is -0.476 e. The molecule has 23 heavy (non-hydrogen) atoms. The highest BCUT2D eigenvalue weighted by Gasteiger charge is 2.23. The van der Waals surface area contributed by atoms with Crippen LogP contribution in [0.2, 0.25) is 0 Å². The van der Waals surface area contributed by atoms with Crippen molar-refractivity contribution in [3.63, 3.8) is 0 Å². The molecule has 1 heterocycles. The molecule has 0 aromatic heterocycles. The van der Waals surface area contributed by atoms with Crippen LogP contribution in [0, 0.1) is 11.3 Å². The van der Waals surface area contributed by atoms with Crippen LogP contribution in [0.3, 0.4) is 0 Å². The van der Waals surface area contributed by atoms with Gasteiger partial charge in [-0.1, -0.05) is 36.0 Å². The third-order valence-electron chi connectivity index (χ3n) is 3.28. The Morgan fingerprint density at radius 3 is 2.22 bits per heavy atom. The maximum atomic E-state index is 11.1. The Labute approximate surface area is 136 Å². The first-order valence-electron chi connectivity index (χ1n) is 6.78. The van der Waals surface area contributed by atoms with E-state index in [-0.39, 0.29) is 5.70 Å². The van der Waals surface area contributed by atoms with Gasteiger partial charge in [0.15, 0.2) is 5.03 Å². The van der Waals surface area contributed by atoms with Crippen molar-refractivity contribution in [1.29, 1.82) is 5.26 Å². The molecule has 3 rings (SSSR count). The highest BCUT2D eigenvalue weighted by molar-refractivity contribution is 8.03. The van der Waals surface area contributed by atoms with E-state index >= 15 is 0 Å². The lowest BCUT2D eigenvalue weighted by atomic mass is 10.0. The quantitative estimate of drug-likeness (QED) is 0.629. The van der Waals surface area contributed by atoms with Crippen LogP contribution in [0.1, 0.15) is 5.56 Å². The van der Waals surface area contributed by atoms with Crippen molar-refractivity contribution in [3.05, 3.63) is 64.8 Å². The number of hydrogen-bond acceptors (Lipinski definition) is 5. The topological polar surface area (TPSA) is 102 Å². The van der Waals surface area contributed by atoms with Gasteiger partial charge in [-0.25, -0.2) is 15.6 Å². The first-order valence-corrected chi connectivity index (χ1v) is 7.60. The fourth-order valence-corrected chi connectivity index (χ4v) is 3.00. The smallest absolute Gasteiger partial charge is 0.360 e. The van der Waals surface area contributed by atoms with Crippen molar-refractivity contribution < 1.29 is 15.4 Å². The number of nitriles is 1. The van der Waals surface area contributed by atoms with Gasteiger partial charge in [-0.05, 0) is 35.4 Å². The Balaban J connectivity index is 1.78. The van der Waals surface area contributed by atoms with E-state index in [2.05, 4.69) is 16.9 Å². The zero-order valence-corrected chi connectivity index (χ0v) is 12.7. The molecule has 6 nitrogen and oxygen atoms in total.